The third kappa shape index (κ3) is 4.07. The van der Waals surface area contributed by atoms with Gasteiger partial charge in [0.2, 0.25) is 0 Å². The predicted octanol–water partition coefficient (Wildman–Crippen LogP) is 1.08. The normalized spacial score (nSPS) is 22.9. The number of aromatic nitrogens is 1. The van der Waals surface area contributed by atoms with Crippen LogP contribution in [0, 0.1) is 5.92 Å². The highest BCUT2D eigenvalue weighted by atomic mass is 32.2. The average Bonchev–Trinajstić information content (AvgIpc) is 2.73. The van der Waals surface area contributed by atoms with Gasteiger partial charge in [-0.3, -0.25) is 4.90 Å². The SMILES string of the molecule is C[C@@H](CN1CCOC[C@@H]1c1cccn1C)CS(C)(=O)=O. The largest absolute Gasteiger partial charge is 0.378 e. The van der Waals surface area contributed by atoms with Gasteiger partial charge in [-0.25, -0.2) is 8.42 Å². The molecule has 0 radical (unpaired) electrons. The van der Waals surface area contributed by atoms with Crippen molar-refractivity contribution in [3.63, 3.8) is 0 Å². The molecular weight excluding hydrogens is 276 g/mol. The highest BCUT2D eigenvalue weighted by molar-refractivity contribution is 7.90. The summed E-state index contributed by atoms with van der Waals surface area (Å²) in [5, 5.41) is 0. The number of ether oxygens (including phenoxy) is 1. The van der Waals surface area contributed by atoms with Crippen LogP contribution in [0.2, 0.25) is 0 Å². The highest BCUT2D eigenvalue weighted by Gasteiger charge is 2.27. The molecule has 0 aromatic carbocycles. The van der Waals surface area contributed by atoms with E-state index in [4.69, 9.17) is 4.74 Å². The van der Waals surface area contributed by atoms with E-state index in [0.717, 1.165) is 13.1 Å². The molecule has 1 aliphatic rings. The van der Waals surface area contributed by atoms with Crippen molar-refractivity contribution in [3.8, 4) is 0 Å². The fourth-order valence-electron chi connectivity index (χ4n) is 2.92. The minimum Gasteiger partial charge on any atom is -0.378 e. The Kier molecular flexibility index (Phi) is 4.88. The number of aryl methyl sites for hydroxylation is 1. The summed E-state index contributed by atoms with van der Waals surface area (Å²) in [5.74, 6) is 0.371. The Bertz CT molecular complexity index is 538. The van der Waals surface area contributed by atoms with Crippen molar-refractivity contribution in [3.05, 3.63) is 24.0 Å². The lowest BCUT2D eigenvalue weighted by molar-refractivity contribution is -0.0156. The Morgan fingerprint density at radius 3 is 2.85 bits per heavy atom. The second-order valence-corrected chi connectivity index (χ2v) is 8.01. The summed E-state index contributed by atoms with van der Waals surface area (Å²) in [6.45, 7) is 5.02. The Hall–Kier alpha value is -0.850. The molecule has 1 fully saturated rings. The molecule has 6 heteroatoms. The van der Waals surface area contributed by atoms with Gasteiger partial charge < -0.3 is 9.30 Å². The van der Waals surface area contributed by atoms with E-state index in [0.29, 0.717) is 13.2 Å². The number of nitrogens with zero attached hydrogens (tertiary/aromatic N) is 2. The molecule has 0 N–H and O–H groups in total. The smallest absolute Gasteiger partial charge is 0.147 e. The van der Waals surface area contributed by atoms with Gasteiger partial charge in [0.15, 0.2) is 0 Å². The lowest BCUT2D eigenvalue weighted by Gasteiger charge is -2.37. The number of hydrogen-bond acceptors (Lipinski definition) is 4. The first-order chi connectivity index (χ1) is 9.37. The minimum absolute atomic E-state index is 0.130. The molecule has 114 valence electrons. The van der Waals surface area contributed by atoms with Crippen molar-refractivity contribution in [1.29, 1.82) is 0 Å². The molecular formula is C14H24N2O3S. The summed E-state index contributed by atoms with van der Waals surface area (Å²) in [5.41, 5.74) is 1.22. The highest BCUT2D eigenvalue weighted by Crippen LogP contribution is 2.25. The zero-order valence-electron chi connectivity index (χ0n) is 12.4. The molecule has 0 amide bonds. The van der Waals surface area contributed by atoms with Gasteiger partial charge in [0.25, 0.3) is 0 Å². The zero-order valence-corrected chi connectivity index (χ0v) is 13.3. The third-order valence-electron chi connectivity index (χ3n) is 3.70. The van der Waals surface area contributed by atoms with Crippen LogP contribution in [0.3, 0.4) is 0 Å². The maximum atomic E-state index is 11.4. The van der Waals surface area contributed by atoms with Crippen LogP contribution in [0.5, 0.6) is 0 Å². The van der Waals surface area contributed by atoms with Crippen molar-refractivity contribution < 1.29 is 13.2 Å². The van der Waals surface area contributed by atoms with Crippen molar-refractivity contribution in [2.75, 3.05) is 38.3 Å². The lowest BCUT2D eigenvalue weighted by Crippen LogP contribution is -2.43. The van der Waals surface area contributed by atoms with Gasteiger partial charge in [-0.15, -0.1) is 0 Å². The van der Waals surface area contributed by atoms with Crippen molar-refractivity contribution in [2.24, 2.45) is 13.0 Å². The van der Waals surface area contributed by atoms with Gasteiger partial charge in [-0.1, -0.05) is 6.92 Å². The minimum atomic E-state index is -2.92. The van der Waals surface area contributed by atoms with E-state index >= 15 is 0 Å². The molecule has 5 nitrogen and oxygen atoms in total. The predicted molar refractivity (Wildman–Crippen MR) is 79.4 cm³/mol. The van der Waals surface area contributed by atoms with E-state index in [1.807, 2.05) is 26.2 Å². The molecule has 20 heavy (non-hydrogen) atoms. The van der Waals surface area contributed by atoms with E-state index in [-0.39, 0.29) is 17.7 Å². The fraction of sp³-hybridized carbons (Fsp3) is 0.714. The van der Waals surface area contributed by atoms with Crippen LogP contribution >= 0.6 is 0 Å². The molecule has 1 aromatic rings. The maximum absolute atomic E-state index is 11.4. The second-order valence-electron chi connectivity index (χ2n) is 5.83. The van der Waals surface area contributed by atoms with Crippen LogP contribution < -0.4 is 0 Å². The molecule has 1 aliphatic heterocycles. The topological polar surface area (TPSA) is 51.5 Å². The molecule has 1 saturated heterocycles. The summed E-state index contributed by atoms with van der Waals surface area (Å²) >= 11 is 0. The van der Waals surface area contributed by atoms with E-state index in [1.165, 1.54) is 11.9 Å². The number of morpholine rings is 1. The molecule has 0 saturated carbocycles. The number of sulfone groups is 1. The molecule has 0 spiro atoms. The average molecular weight is 300 g/mol. The van der Waals surface area contributed by atoms with Crippen LogP contribution in [-0.4, -0.2) is 56.2 Å². The quantitative estimate of drug-likeness (QED) is 0.816. The Morgan fingerprint density at radius 1 is 1.50 bits per heavy atom. The van der Waals surface area contributed by atoms with Gasteiger partial charge in [-0.2, -0.15) is 0 Å². The molecule has 0 aliphatic carbocycles. The first kappa shape index (κ1) is 15.5. The molecule has 2 rings (SSSR count). The van der Waals surface area contributed by atoms with Crippen LogP contribution in [0.4, 0.5) is 0 Å². The maximum Gasteiger partial charge on any atom is 0.147 e. The van der Waals surface area contributed by atoms with Gasteiger partial charge in [-0.05, 0) is 18.1 Å². The van der Waals surface area contributed by atoms with Crippen LogP contribution in [0.25, 0.3) is 0 Å². The van der Waals surface area contributed by atoms with Gasteiger partial charge >= 0.3 is 0 Å². The summed E-state index contributed by atoms with van der Waals surface area (Å²) in [6, 6.07) is 4.35. The number of rotatable bonds is 5. The van der Waals surface area contributed by atoms with Crippen molar-refractivity contribution >= 4 is 9.84 Å². The van der Waals surface area contributed by atoms with Crippen molar-refractivity contribution in [1.82, 2.24) is 9.47 Å². The van der Waals surface area contributed by atoms with E-state index in [2.05, 4.69) is 15.5 Å². The Morgan fingerprint density at radius 2 is 2.25 bits per heavy atom. The summed E-state index contributed by atoms with van der Waals surface area (Å²) in [7, 11) is -0.887. The van der Waals surface area contributed by atoms with Gasteiger partial charge in [0, 0.05) is 38.3 Å². The zero-order chi connectivity index (χ0) is 14.8. The first-order valence-electron chi connectivity index (χ1n) is 6.97. The molecule has 0 unspecified atom stereocenters. The van der Waals surface area contributed by atoms with Crippen LogP contribution in [0.1, 0.15) is 18.7 Å². The first-order valence-corrected chi connectivity index (χ1v) is 9.03. The van der Waals surface area contributed by atoms with E-state index in [9.17, 15) is 8.42 Å². The molecule has 1 aromatic heterocycles. The Labute approximate surface area is 121 Å². The second kappa shape index (κ2) is 6.28. The van der Waals surface area contributed by atoms with Crippen molar-refractivity contribution in [2.45, 2.75) is 13.0 Å². The summed E-state index contributed by atoms with van der Waals surface area (Å²) < 4.78 is 30.5. The van der Waals surface area contributed by atoms with Gasteiger partial charge in [0.05, 0.1) is 25.0 Å². The third-order valence-corrected chi connectivity index (χ3v) is 4.87. The standard InChI is InChI=1S/C14H24N2O3S/c1-12(11-20(3,17)18)9-16-7-8-19-10-14(16)13-5-4-6-15(13)2/h4-6,12,14H,7-11H2,1-3H3/t12-,14+/m0/s1. The van der Waals surface area contributed by atoms with Gasteiger partial charge in [0.1, 0.15) is 9.84 Å². The summed E-state index contributed by atoms with van der Waals surface area (Å²) in [6.07, 6.45) is 3.33. The monoisotopic (exact) mass is 300 g/mol. The Balaban J connectivity index is 2.06. The van der Waals surface area contributed by atoms with E-state index in [1.54, 1.807) is 0 Å². The van der Waals surface area contributed by atoms with E-state index < -0.39 is 9.84 Å². The van der Waals surface area contributed by atoms with Crippen LogP contribution in [-0.2, 0) is 21.6 Å². The fourth-order valence-corrected chi connectivity index (χ4v) is 4.06. The molecule has 0 bridgehead atoms. The molecule has 2 atom stereocenters. The lowest BCUT2D eigenvalue weighted by atomic mass is 10.1. The summed E-state index contributed by atoms with van der Waals surface area (Å²) in [4.78, 5) is 2.34. The van der Waals surface area contributed by atoms with Crippen LogP contribution in [0.15, 0.2) is 18.3 Å². The molecule has 2 heterocycles. The number of hydrogen-bond donors (Lipinski definition) is 0.